The summed E-state index contributed by atoms with van der Waals surface area (Å²) in [6, 6.07) is 7.87. The standard InChI is InChI=1S/C15H11N5O2S2/c21-14(23)10-2-1-3-11(17-10)19-15(22)20-12-8-24-13(18-12)9-4-6-16-7-5-9/h1-8H,(H,21,23)(H2,17,19,20,22). The van der Waals surface area contributed by atoms with Crippen molar-refractivity contribution in [2.24, 2.45) is 0 Å². The summed E-state index contributed by atoms with van der Waals surface area (Å²) in [7, 11) is 0. The van der Waals surface area contributed by atoms with Crippen LogP contribution >= 0.6 is 24.0 Å². The summed E-state index contributed by atoms with van der Waals surface area (Å²) in [6.45, 7) is 0. The highest BCUT2D eigenvalue weighted by molar-refractivity contribution is 7.97. The molecule has 0 aliphatic rings. The first-order valence-corrected chi connectivity index (χ1v) is 8.09. The van der Waals surface area contributed by atoms with Crippen LogP contribution in [-0.2, 0) is 0 Å². The van der Waals surface area contributed by atoms with Crippen LogP contribution in [0.2, 0.25) is 0 Å². The lowest BCUT2D eigenvalue weighted by Crippen LogP contribution is -2.20. The second kappa shape index (κ2) is 7.20. The first-order valence-electron chi connectivity index (χ1n) is 6.76. The van der Waals surface area contributed by atoms with Gasteiger partial charge < -0.3 is 0 Å². The Bertz CT molecular complexity index is 882. The monoisotopic (exact) mass is 357 g/mol. The van der Waals surface area contributed by atoms with Crippen LogP contribution in [0.1, 0.15) is 10.5 Å². The molecule has 2 N–H and O–H groups in total. The van der Waals surface area contributed by atoms with Crippen molar-refractivity contribution in [1.29, 1.82) is 0 Å². The lowest BCUT2D eigenvalue weighted by Gasteiger charge is -2.05. The summed E-state index contributed by atoms with van der Waals surface area (Å²) in [5.74, 6) is 0.669. The Morgan fingerprint density at radius 1 is 1.00 bits per heavy atom. The van der Waals surface area contributed by atoms with Gasteiger partial charge in [-0.25, -0.2) is 14.8 Å². The van der Waals surface area contributed by atoms with Crippen molar-refractivity contribution in [3.8, 4) is 10.6 Å². The van der Waals surface area contributed by atoms with E-state index in [1.165, 1.54) is 17.4 Å². The number of aromatic nitrogens is 3. The van der Waals surface area contributed by atoms with E-state index in [4.69, 9.17) is 0 Å². The maximum atomic E-state index is 12.0. The highest BCUT2D eigenvalue weighted by Gasteiger charge is 2.09. The molecule has 3 aromatic heterocycles. The number of nitrogens with one attached hydrogen (secondary N) is 2. The van der Waals surface area contributed by atoms with Crippen LogP contribution in [0, 0.1) is 0 Å². The van der Waals surface area contributed by atoms with Crippen molar-refractivity contribution in [3.63, 3.8) is 0 Å². The maximum absolute atomic E-state index is 12.0. The molecule has 0 aromatic carbocycles. The minimum absolute atomic E-state index is 0.157. The van der Waals surface area contributed by atoms with Gasteiger partial charge in [-0.15, -0.1) is 11.3 Å². The zero-order valence-corrected chi connectivity index (χ0v) is 13.8. The molecular weight excluding hydrogens is 346 g/mol. The number of anilines is 2. The Hall–Kier alpha value is -2.78. The third kappa shape index (κ3) is 3.94. The van der Waals surface area contributed by atoms with Gasteiger partial charge in [-0.1, -0.05) is 18.7 Å². The largest absolute Gasteiger partial charge is 0.326 e. The van der Waals surface area contributed by atoms with E-state index < -0.39 is 11.1 Å². The van der Waals surface area contributed by atoms with E-state index in [9.17, 15) is 9.59 Å². The van der Waals surface area contributed by atoms with E-state index in [2.05, 4.69) is 38.2 Å². The van der Waals surface area contributed by atoms with Crippen LogP contribution in [0.4, 0.5) is 16.4 Å². The van der Waals surface area contributed by atoms with E-state index in [0.29, 0.717) is 5.82 Å². The molecular formula is C15H11N5O2S2. The number of hydrogen-bond donors (Lipinski definition) is 3. The lowest BCUT2D eigenvalue weighted by atomic mass is 10.3. The fourth-order valence-electron chi connectivity index (χ4n) is 1.85. The Balaban J connectivity index is 1.66. The predicted molar refractivity (Wildman–Crippen MR) is 95.5 cm³/mol. The fraction of sp³-hybridized carbons (Fsp3) is 0. The van der Waals surface area contributed by atoms with Gasteiger partial charge in [0.15, 0.2) is 0 Å². The summed E-state index contributed by atoms with van der Waals surface area (Å²) in [5.41, 5.74) is 1.08. The predicted octanol–water partition coefficient (Wildman–Crippen LogP) is 3.31. The highest BCUT2D eigenvalue weighted by Crippen LogP contribution is 2.25. The molecule has 0 fully saturated rings. The molecule has 0 spiro atoms. The molecule has 2 amide bonds. The van der Waals surface area contributed by atoms with Gasteiger partial charge >= 0.3 is 6.03 Å². The molecule has 7 nitrogen and oxygen atoms in total. The number of carbonyl (C=O) groups excluding carboxylic acids is 2. The Labute approximate surface area is 146 Å². The van der Waals surface area contributed by atoms with Gasteiger partial charge in [-0.05, 0) is 24.3 Å². The van der Waals surface area contributed by atoms with Crippen molar-refractivity contribution in [2.45, 2.75) is 0 Å². The van der Waals surface area contributed by atoms with E-state index in [0.717, 1.165) is 10.6 Å². The first kappa shape index (κ1) is 16.1. The number of thiol groups is 1. The Morgan fingerprint density at radius 2 is 1.75 bits per heavy atom. The SMILES string of the molecule is O=C(Nc1cccc(C(=O)S)n1)Nc1csc(-c2ccncc2)n1. The van der Waals surface area contributed by atoms with Crippen LogP contribution in [0.5, 0.6) is 0 Å². The van der Waals surface area contributed by atoms with Gasteiger partial charge in [0, 0.05) is 23.3 Å². The molecule has 3 heterocycles. The first-order chi connectivity index (χ1) is 11.6. The minimum Gasteiger partial charge on any atom is -0.292 e. The second-order valence-electron chi connectivity index (χ2n) is 4.57. The molecule has 0 atom stereocenters. The van der Waals surface area contributed by atoms with Crippen LogP contribution < -0.4 is 10.6 Å². The molecule has 0 unspecified atom stereocenters. The number of pyridine rings is 2. The van der Waals surface area contributed by atoms with Gasteiger partial charge in [0.05, 0.1) is 0 Å². The Morgan fingerprint density at radius 3 is 2.50 bits per heavy atom. The van der Waals surface area contributed by atoms with Crippen molar-refractivity contribution < 1.29 is 9.59 Å². The molecule has 3 rings (SSSR count). The highest BCUT2D eigenvalue weighted by atomic mass is 32.1. The zero-order valence-electron chi connectivity index (χ0n) is 12.1. The van der Waals surface area contributed by atoms with E-state index >= 15 is 0 Å². The smallest absolute Gasteiger partial charge is 0.292 e. The molecule has 0 aliphatic carbocycles. The molecule has 9 heteroatoms. The molecule has 0 bridgehead atoms. The van der Waals surface area contributed by atoms with Crippen molar-refractivity contribution in [3.05, 3.63) is 53.8 Å². The van der Waals surface area contributed by atoms with Crippen molar-refractivity contribution in [1.82, 2.24) is 15.0 Å². The lowest BCUT2D eigenvalue weighted by molar-refractivity contribution is 0.108. The van der Waals surface area contributed by atoms with Crippen LogP contribution in [0.25, 0.3) is 10.6 Å². The van der Waals surface area contributed by atoms with Crippen LogP contribution in [0.15, 0.2) is 48.1 Å². The summed E-state index contributed by atoms with van der Waals surface area (Å²) in [4.78, 5) is 35.4. The van der Waals surface area contributed by atoms with Crippen LogP contribution in [0.3, 0.4) is 0 Å². The van der Waals surface area contributed by atoms with Crippen molar-refractivity contribution >= 4 is 46.7 Å². The topological polar surface area (TPSA) is 96.9 Å². The summed E-state index contributed by atoms with van der Waals surface area (Å²) in [6.07, 6.45) is 3.36. The maximum Gasteiger partial charge on any atom is 0.326 e. The fourth-order valence-corrected chi connectivity index (χ4v) is 2.73. The van der Waals surface area contributed by atoms with Gasteiger partial charge in [-0.3, -0.25) is 20.4 Å². The quantitative estimate of drug-likeness (QED) is 0.623. The number of amides is 2. The molecule has 0 radical (unpaired) electrons. The Kier molecular flexibility index (Phi) is 4.82. The number of nitrogens with zero attached hydrogens (tertiary/aromatic N) is 3. The van der Waals surface area contributed by atoms with E-state index in [1.54, 1.807) is 29.9 Å². The van der Waals surface area contributed by atoms with Gasteiger partial charge in [0.2, 0.25) is 5.12 Å². The average Bonchev–Trinajstić information content (AvgIpc) is 3.04. The number of hydrogen-bond acceptors (Lipinski definition) is 6. The average molecular weight is 357 g/mol. The third-order valence-electron chi connectivity index (χ3n) is 2.88. The molecule has 3 aromatic rings. The second-order valence-corrected chi connectivity index (χ2v) is 5.83. The minimum atomic E-state index is -0.502. The normalized spacial score (nSPS) is 10.2. The molecule has 120 valence electrons. The van der Waals surface area contributed by atoms with Crippen molar-refractivity contribution in [2.75, 3.05) is 10.6 Å². The third-order valence-corrected chi connectivity index (χ3v) is 4.00. The van der Waals surface area contributed by atoms with E-state index in [1.807, 2.05) is 12.1 Å². The summed E-state index contributed by atoms with van der Waals surface area (Å²) >= 11 is 5.11. The number of carbonyl (C=O) groups is 2. The van der Waals surface area contributed by atoms with Crippen LogP contribution in [-0.4, -0.2) is 26.1 Å². The number of rotatable bonds is 4. The van der Waals surface area contributed by atoms with Gasteiger partial charge in [0.1, 0.15) is 22.3 Å². The summed E-state index contributed by atoms with van der Waals surface area (Å²) in [5, 5.41) is 7.19. The number of thiazole rings is 1. The summed E-state index contributed by atoms with van der Waals surface area (Å²) < 4.78 is 0. The van der Waals surface area contributed by atoms with Gasteiger partial charge in [-0.2, -0.15) is 0 Å². The number of urea groups is 1. The molecule has 0 aliphatic heterocycles. The zero-order chi connectivity index (χ0) is 16.9. The molecule has 0 saturated carbocycles. The molecule has 0 saturated heterocycles. The molecule has 24 heavy (non-hydrogen) atoms. The van der Waals surface area contributed by atoms with Gasteiger partial charge in [0.25, 0.3) is 0 Å². The van der Waals surface area contributed by atoms with E-state index in [-0.39, 0.29) is 11.5 Å².